The van der Waals surface area contributed by atoms with Gasteiger partial charge in [-0.15, -0.1) is 0 Å². The molecule has 0 aromatic heterocycles. The van der Waals surface area contributed by atoms with E-state index in [0.29, 0.717) is 44.2 Å². The highest BCUT2D eigenvalue weighted by Crippen LogP contribution is 2.21. The van der Waals surface area contributed by atoms with Gasteiger partial charge in [-0.25, -0.2) is 12.8 Å². The van der Waals surface area contributed by atoms with Crippen LogP contribution in [-0.2, 0) is 21.4 Å². The number of aryl methyl sites for hydroxylation is 2. The van der Waals surface area contributed by atoms with Gasteiger partial charge in [0.15, 0.2) is 6.54 Å². The van der Waals surface area contributed by atoms with Gasteiger partial charge >= 0.3 is 0 Å². The second-order valence-corrected chi connectivity index (χ2v) is 9.41. The zero-order valence-electron chi connectivity index (χ0n) is 16.7. The van der Waals surface area contributed by atoms with Gasteiger partial charge in [-0.1, -0.05) is 24.3 Å². The first kappa shape index (κ1) is 21.4. The summed E-state index contributed by atoms with van der Waals surface area (Å²) in [6.07, 6.45) is 0. The van der Waals surface area contributed by atoms with Crippen LogP contribution in [0, 0.1) is 19.7 Å². The number of halogens is 1. The van der Waals surface area contributed by atoms with Crippen molar-refractivity contribution in [2.75, 3.05) is 32.7 Å². The monoisotopic (exact) mass is 420 g/mol. The van der Waals surface area contributed by atoms with Gasteiger partial charge in [0.2, 0.25) is 10.0 Å². The molecule has 3 rings (SSSR count). The van der Waals surface area contributed by atoms with E-state index >= 15 is 0 Å². The minimum Gasteiger partial charge on any atom is -0.347 e. The van der Waals surface area contributed by atoms with Gasteiger partial charge in [0, 0.05) is 6.54 Å². The van der Waals surface area contributed by atoms with E-state index in [2.05, 4.69) is 5.32 Å². The van der Waals surface area contributed by atoms with E-state index in [1.807, 2.05) is 19.1 Å². The Balaban J connectivity index is 1.51. The van der Waals surface area contributed by atoms with Crippen molar-refractivity contribution in [2.45, 2.75) is 25.3 Å². The first-order valence-corrected chi connectivity index (χ1v) is 11.1. The van der Waals surface area contributed by atoms with Crippen LogP contribution in [0.4, 0.5) is 4.39 Å². The third-order valence-electron chi connectivity index (χ3n) is 5.20. The predicted octanol–water partition coefficient (Wildman–Crippen LogP) is 0.648. The van der Waals surface area contributed by atoms with Gasteiger partial charge in [-0.05, 0) is 48.7 Å². The number of carbonyl (C=O) groups is 1. The summed E-state index contributed by atoms with van der Waals surface area (Å²) in [5, 5.41) is 2.83. The molecule has 2 aromatic rings. The van der Waals surface area contributed by atoms with Crippen LogP contribution in [0.2, 0.25) is 0 Å². The van der Waals surface area contributed by atoms with Crippen molar-refractivity contribution in [2.24, 2.45) is 0 Å². The molecule has 0 unspecified atom stereocenters. The lowest BCUT2D eigenvalue weighted by Gasteiger charge is -2.31. The molecule has 8 heteroatoms. The molecule has 1 heterocycles. The molecule has 29 heavy (non-hydrogen) atoms. The Bertz CT molecular complexity index is 969. The van der Waals surface area contributed by atoms with Crippen molar-refractivity contribution in [1.29, 1.82) is 0 Å². The molecule has 0 spiro atoms. The van der Waals surface area contributed by atoms with Crippen molar-refractivity contribution in [1.82, 2.24) is 9.62 Å². The van der Waals surface area contributed by atoms with Gasteiger partial charge in [0.1, 0.15) is 5.82 Å². The van der Waals surface area contributed by atoms with Crippen LogP contribution in [0.1, 0.15) is 16.7 Å². The van der Waals surface area contributed by atoms with Crippen LogP contribution in [0.5, 0.6) is 0 Å². The summed E-state index contributed by atoms with van der Waals surface area (Å²) >= 11 is 0. The Labute approximate surface area is 171 Å². The second kappa shape index (κ2) is 9.02. The lowest BCUT2D eigenvalue weighted by atomic mass is 10.2. The maximum absolute atomic E-state index is 13.0. The lowest BCUT2D eigenvalue weighted by Crippen LogP contribution is -3.15. The number of hydrogen-bond donors (Lipinski definition) is 2. The smallest absolute Gasteiger partial charge is 0.275 e. The standard InChI is InChI=1S/C21H26FN3O3S/c1-16-3-4-17(2)20(13-16)29(27,28)25-11-9-24(10-12-25)15-21(26)23-14-18-5-7-19(22)8-6-18/h3-8,13H,9-12,14-15H2,1-2H3,(H,23,26)/p+1. The molecular weight excluding hydrogens is 393 g/mol. The summed E-state index contributed by atoms with van der Waals surface area (Å²) in [5.41, 5.74) is 2.49. The average molecular weight is 421 g/mol. The summed E-state index contributed by atoms with van der Waals surface area (Å²) in [4.78, 5) is 13.6. The number of quaternary nitrogens is 1. The van der Waals surface area contributed by atoms with Gasteiger partial charge in [-0.3, -0.25) is 4.79 Å². The first-order chi connectivity index (χ1) is 13.8. The summed E-state index contributed by atoms with van der Waals surface area (Å²) < 4.78 is 40.4. The molecule has 6 nitrogen and oxygen atoms in total. The van der Waals surface area contributed by atoms with Crippen LogP contribution in [-0.4, -0.2) is 51.4 Å². The zero-order valence-corrected chi connectivity index (χ0v) is 17.6. The molecule has 0 bridgehead atoms. The van der Waals surface area contributed by atoms with Crippen molar-refractivity contribution >= 4 is 15.9 Å². The molecular formula is C21H27FN3O3S+. The lowest BCUT2D eigenvalue weighted by molar-refractivity contribution is -0.895. The Kier molecular flexibility index (Phi) is 6.66. The first-order valence-electron chi connectivity index (χ1n) is 9.68. The van der Waals surface area contributed by atoms with Crippen LogP contribution in [0.3, 0.4) is 0 Å². The van der Waals surface area contributed by atoms with Gasteiger partial charge in [0.05, 0.1) is 31.1 Å². The normalized spacial score (nSPS) is 16.0. The minimum absolute atomic E-state index is 0.102. The second-order valence-electron chi connectivity index (χ2n) is 7.50. The Morgan fingerprint density at radius 1 is 1.10 bits per heavy atom. The molecule has 1 amide bonds. The largest absolute Gasteiger partial charge is 0.347 e. The Hall–Kier alpha value is -2.29. The van der Waals surface area contributed by atoms with E-state index in [1.54, 1.807) is 25.1 Å². The maximum Gasteiger partial charge on any atom is 0.275 e. The van der Waals surface area contributed by atoms with Crippen molar-refractivity contribution in [3.8, 4) is 0 Å². The van der Waals surface area contributed by atoms with Gasteiger partial charge in [-0.2, -0.15) is 4.31 Å². The fourth-order valence-electron chi connectivity index (χ4n) is 3.44. The fraction of sp³-hybridized carbons (Fsp3) is 0.381. The van der Waals surface area contributed by atoms with Crippen LogP contribution in [0.15, 0.2) is 47.4 Å². The summed E-state index contributed by atoms with van der Waals surface area (Å²) in [6.45, 7) is 6.25. The molecule has 2 aromatic carbocycles. The van der Waals surface area contributed by atoms with Crippen molar-refractivity contribution in [3.63, 3.8) is 0 Å². The molecule has 0 saturated carbocycles. The molecule has 1 fully saturated rings. The molecule has 156 valence electrons. The van der Waals surface area contributed by atoms with Gasteiger partial charge < -0.3 is 10.2 Å². The summed E-state index contributed by atoms with van der Waals surface area (Å²) in [7, 11) is -3.53. The summed E-state index contributed by atoms with van der Waals surface area (Å²) in [6, 6.07) is 11.5. The number of amides is 1. The predicted molar refractivity (Wildman–Crippen MR) is 108 cm³/mol. The van der Waals surface area contributed by atoms with Crippen molar-refractivity contribution in [3.05, 3.63) is 65.0 Å². The Morgan fingerprint density at radius 2 is 1.76 bits per heavy atom. The van der Waals surface area contributed by atoms with Crippen LogP contribution in [0.25, 0.3) is 0 Å². The number of carbonyl (C=O) groups excluding carboxylic acids is 1. The summed E-state index contributed by atoms with van der Waals surface area (Å²) in [5.74, 6) is -0.409. The number of nitrogens with one attached hydrogen (secondary N) is 2. The number of sulfonamides is 1. The third-order valence-corrected chi connectivity index (χ3v) is 7.25. The number of rotatable bonds is 6. The Morgan fingerprint density at radius 3 is 2.41 bits per heavy atom. The highest BCUT2D eigenvalue weighted by atomic mass is 32.2. The highest BCUT2D eigenvalue weighted by Gasteiger charge is 2.32. The fourth-order valence-corrected chi connectivity index (χ4v) is 5.19. The van der Waals surface area contributed by atoms with Crippen LogP contribution >= 0.6 is 0 Å². The number of nitrogens with zero attached hydrogens (tertiary/aromatic N) is 1. The number of hydrogen-bond acceptors (Lipinski definition) is 3. The average Bonchev–Trinajstić information content (AvgIpc) is 2.70. The quantitative estimate of drug-likeness (QED) is 0.721. The third kappa shape index (κ3) is 5.41. The topological polar surface area (TPSA) is 70.9 Å². The minimum atomic E-state index is -3.53. The van der Waals surface area contributed by atoms with E-state index in [1.165, 1.54) is 16.4 Å². The molecule has 1 aliphatic rings. The van der Waals surface area contributed by atoms with E-state index < -0.39 is 10.0 Å². The zero-order chi connectivity index (χ0) is 21.0. The van der Waals surface area contributed by atoms with E-state index in [0.717, 1.165) is 21.6 Å². The molecule has 0 radical (unpaired) electrons. The SMILES string of the molecule is Cc1ccc(C)c(S(=O)(=O)N2CC[NH+](CC(=O)NCc3ccc(F)cc3)CC2)c1. The molecule has 0 atom stereocenters. The molecule has 1 aliphatic heterocycles. The highest BCUT2D eigenvalue weighted by molar-refractivity contribution is 7.89. The van der Waals surface area contributed by atoms with E-state index in [9.17, 15) is 17.6 Å². The number of piperazine rings is 1. The number of benzene rings is 2. The van der Waals surface area contributed by atoms with Gasteiger partial charge in [0.25, 0.3) is 5.91 Å². The molecule has 1 saturated heterocycles. The van der Waals surface area contributed by atoms with Crippen molar-refractivity contribution < 1.29 is 22.5 Å². The molecule has 2 N–H and O–H groups in total. The van der Waals surface area contributed by atoms with Crippen LogP contribution < -0.4 is 10.2 Å². The molecule has 0 aliphatic carbocycles. The van der Waals surface area contributed by atoms with E-state index in [-0.39, 0.29) is 11.7 Å². The maximum atomic E-state index is 13.0. The van der Waals surface area contributed by atoms with E-state index in [4.69, 9.17) is 0 Å².